The third-order valence-electron chi connectivity index (χ3n) is 2.89. The zero-order valence-corrected chi connectivity index (χ0v) is 12.2. The quantitative estimate of drug-likeness (QED) is 0.532. The first-order valence-electron chi connectivity index (χ1n) is 5.65. The molecule has 1 aromatic carbocycles. The normalized spacial score (nSPS) is 11.8. The average Bonchev–Trinajstić information content (AvgIpc) is 2.36. The molecule has 0 aliphatic rings. The Labute approximate surface area is 118 Å². The molecule has 0 aromatic heterocycles. The van der Waals surface area contributed by atoms with Crippen molar-refractivity contribution in [2.24, 2.45) is 0 Å². The third kappa shape index (κ3) is 3.75. The summed E-state index contributed by atoms with van der Waals surface area (Å²) in [7, 11) is 0. The first-order chi connectivity index (χ1) is 8.20. The van der Waals surface area contributed by atoms with E-state index in [0.717, 1.165) is 12.0 Å². The Bertz CT molecular complexity index is 337. The summed E-state index contributed by atoms with van der Waals surface area (Å²) in [4.78, 5) is 0. The first-order valence-corrected chi connectivity index (χ1v) is 7.09. The van der Waals surface area contributed by atoms with Crippen LogP contribution in [0.25, 0.3) is 0 Å². The minimum Gasteiger partial charge on any atom is -0.382 e. The molecule has 0 saturated carbocycles. The van der Waals surface area contributed by atoms with Gasteiger partial charge in [0.2, 0.25) is 0 Å². The van der Waals surface area contributed by atoms with E-state index in [0.29, 0.717) is 30.0 Å². The maximum atomic E-state index is 6.22. The van der Waals surface area contributed by atoms with Crippen molar-refractivity contribution in [3.8, 4) is 0 Å². The molecule has 0 fully saturated rings. The van der Waals surface area contributed by atoms with Crippen molar-refractivity contribution in [2.45, 2.75) is 18.8 Å². The lowest BCUT2D eigenvalue weighted by Crippen LogP contribution is -2.32. The Balaban J connectivity index is 2.94. The molecule has 0 heterocycles. The summed E-state index contributed by atoms with van der Waals surface area (Å²) in [5.74, 6) is 0.876. The lowest BCUT2D eigenvalue weighted by molar-refractivity contribution is 0.131. The van der Waals surface area contributed by atoms with Gasteiger partial charge in [-0.25, -0.2) is 0 Å². The maximum Gasteiger partial charge on any atom is 0.0475 e. The van der Waals surface area contributed by atoms with Crippen LogP contribution in [0.15, 0.2) is 24.3 Å². The molecule has 0 bridgehead atoms. The van der Waals surface area contributed by atoms with Crippen LogP contribution in [-0.2, 0) is 10.2 Å². The van der Waals surface area contributed by atoms with E-state index >= 15 is 0 Å². The number of halogens is 3. The molecule has 0 amide bonds. The van der Waals surface area contributed by atoms with E-state index in [4.69, 9.17) is 39.5 Å². The van der Waals surface area contributed by atoms with Crippen LogP contribution in [0.4, 0.5) is 0 Å². The lowest BCUT2D eigenvalue weighted by Gasteiger charge is -2.31. The highest BCUT2D eigenvalue weighted by Crippen LogP contribution is 2.35. The van der Waals surface area contributed by atoms with Gasteiger partial charge >= 0.3 is 0 Å². The third-order valence-corrected chi connectivity index (χ3v) is 4.24. The topological polar surface area (TPSA) is 9.23 Å². The number of hydrogen-bond acceptors (Lipinski definition) is 1. The smallest absolute Gasteiger partial charge is 0.0475 e. The molecule has 0 unspecified atom stereocenters. The molecule has 0 atom stereocenters. The maximum absolute atomic E-state index is 6.22. The molecule has 0 radical (unpaired) electrons. The number of benzene rings is 1. The Morgan fingerprint density at radius 3 is 2.35 bits per heavy atom. The highest BCUT2D eigenvalue weighted by Gasteiger charge is 2.32. The van der Waals surface area contributed by atoms with Gasteiger partial charge in [-0.2, -0.15) is 0 Å². The van der Waals surface area contributed by atoms with Crippen LogP contribution < -0.4 is 0 Å². The van der Waals surface area contributed by atoms with Crippen LogP contribution in [0.5, 0.6) is 0 Å². The number of hydrogen-bond donors (Lipinski definition) is 0. The molecule has 1 aromatic rings. The van der Waals surface area contributed by atoms with E-state index in [1.807, 2.05) is 31.2 Å². The van der Waals surface area contributed by atoms with Crippen LogP contribution in [0.3, 0.4) is 0 Å². The van der Waals surface area contributed by atoms with Gasteiger partial charge in [-0.15, -0.1) is 23.2 Å². The summed E-state index contributed by atoms with van der Waals surface area (Å²) in [6, 6.07) is 7.71. The first kappa shape index (κ1) is 15.1. The number of ether oxygens (including phenoxy) is 1. The van der Waals surface area contributed by atoms with Gasteiger partial charge in [0.15, 0.2) is 0 Å². The van der Waals surface area contributed by atoms with Crippen molar-refractivity contribution in [1.29, 1.82) is 0 Å². The van der Waals surface area contributed by atoms with Crippen LogP contribution in [-0.4, -0.2) is 25.0 Å². The largest absolute Gasteiger partial charge is 0.382 e. The summed E-state index contributed by atoms with van der Waals surface area (Å²) in [5, 5.41) is 0.713. The number of alkyl halides is 2. The van der Waals surface area contributed by atoms with Crippen LogP contribution in [0.2, 0.25) is 5.02 Å². The minimum absolute atomic E-state index is 0.309. The summed E-state index contributed by atoms with van der Waals surface area (Å²) >= 11 is 18.4. The molecule has 1 nitrogen and oxygen atoms in total. The van der Waals surface area contributed by atoms with Crippen molar-refractivity contribution < 1.29 is 4.74 Å². The van der Waals surface area contributed by atoms with Gasteiger partial charge in [0.05, 0.1) is 0 Å². The van der Waals surface area contributed by atoms with Gasteiger partial charge in [0.1, 0.15) is 0 Å². The Morgan fingerprint density at radius 2 is 1.82 bits per heavy atom. The van der Waals surface area contributed by atoms with Gasteiger partial charge in [-0.05, 0) is 25.0 Å². The van der Waals surface area contributed by atoms with E-state index in [9.17, 15) is 0 Å². The molecule has 17 heavy (non-hydrogen) atoms. The standard InChI is InChI=1S/C13H17Cl3O/c1-2-17-8-7-13(9-14,10-15)11-5-3-4-6-12(11)16/h3-6H,2,7-10H2,1H3. The van der Waals surface area contributed by atoms with Crippen molar-refractivity contribution >= 4 is 34.8 Å². The average molecular weight is 296 g/mol. The van der Waals surface area contributed by atoms with Gasteiger partial charge in [-0.1, -0.05) is 29.8 Å². The molecule has 4 heteroatoms. The molecule has 1 rings (SSSR count). The molecule has 0 aliphatic carbocycles. The summed E-state index contributed by atoms with van der Waals surface area (Å²) in [5.41, 5.74) is 0.697. The van der Waals surface area contributed by atoms with Crippen molar-refractivity contribution in [1.82, 2.24) is 0 Å². The fraction of sp³-hybridized carbons (Fsp3) is 0.538. The van der Waals surface area contributed by atoms with Crippen LogP contribution in [0, 0.1) is 0 Å². The second-order valence-corrected chi connectivity index (χ2v) is 4.92. The summed E-state index contributed by atoms with van der Waals surface area (Å²) in [6.45, 7) is 3.31. The number of rotatable bonds is 7. The van der Waals surface area contributed by atoms with E-state index < -0.39 is 0 Å². The second kappa shape index (κ2) is 7.48. The van der Waals surface area contributed by atoms with Gasteiger partial charge < -0.3 is 4.74 Å². The summed E-state index contributed by atoms with van der Waals surface area (Å²) < 4.78 is 5.39. The monoisotopic (exact) mass is 294 g/mol. The predicted molar refractivity (Wildman–Crippen MR) is 75.7 cm³/mol. The van der Waals surface area contributed by atoms with E-state index in [-0.39, 0.29) is 5.41 Å². The molecule has 96 valence electrons. The Morgan fingerprint density at radius 1 is 1.18 bits per heavy atom. The van der Waals surface area contributed by atoms with Crippen LogP contribution >= 0.6 is 34.8 Å². The minimum atomic E-state index is -0.309. The highest BCUT2D eigenvalue weighted by atomic mass is 35.5. The summed E-state index contributed by atoms with van der Waals surface area (Å²) in [6.07, 6.45) is 0.775. The van der Waals surface area contributed by atoms with E-state index in [1.165, 1.54) is 0 Å². The Kier molecular flexibility index (Phi) is 6.65. The van der Waals surface area contributed by atoms with Crippen molar-refractivity contribution in [2.75, 3.05) is 25.0 Å². The molecule has 0 saturated heterocycles. The van der Waals surface area contributed by atoms with Crippen LogP contribution in [0.1, 0.15) is 18.9 Å². The second-order valence-electron chi connectivity index (χ2n) is 3.97. The lowest BCUT2D eigenvalue weighted by atomic mass is 9.81. The SMILES string of the molecule is CCOCCC(CCl)(CCl)c1ccccc1Cl. The Hall–Kier alpha value is 0.0500. The van der Waals surface area contributed by atoms with Gasteiger partial charge in [0, 0.05) is 35.4 Å². The predicted octanol–water partition coefficient (Wildman–Crippen LogP) is 4.48. The molecule has 0 N–H and O–H groups in total. The van der Waals surface area contributed by atoms with Crippen molar-refractivity contribution in [3.05, 3.63) is 34.9 Å². The zero-order valence-electron chi connectivity index (χ0n) is 9.89. The fourth-order valence-electron chi connectivity index (χ4n) is 1.75. The molecule has 0 aliphatic heterocycles. The van der Waals surface area contributed by atoms with Crippen molar-refractivity contribution in [3.63, 3.8) is 0 Å². The van der Waals surface area contributed by atoms with E-state index in [1.54, 1.807) is 0 Å². The van der Waals surface area contributed by atoms with Gasteiger partial charge in [-0.3, -0.25) is 0 Å². The zero-order chi connectivity index (χ0) is 12.7. The molecular formula is C13H17Cl3O. The van der Waals surface area contributed by atoms with E-state index in [2.05, 4.69) is 0 Å². The fourth-order valence-corrected chi connectivity index (χ4v) is 2.93. The molecule has 0 spiro atoms. The molecular weight excluding hydrogens is 279 g/mol. The highest BCUT2D eigenvalue weighted by molar-refractivity contribution is 6.32. The van der Waals surface area contributed by atoms with Gasteiger partial charge in [0.25, 0.3) is 0 Å².